The van der Waals surface area contributed by atoms with Gasteiger partial charge >= 0.3 is 0 Å². The lowest BCUT2D eigenvalue weighted by Gasteiger charge is -2.31. The Hall–Kier alpha value is -0.890. The van der Waals surface area contributed by atoms with Gasteiger partial charge in [0.25, 0.3) is 0 Å². The summed E-state index contributed by atoms with van der Waals surface area (Å²) in [5, 5.41) is 9.06. The minimum atomic E-state index is -0.196. The van der Waals surface area contributed by atoms with Crippen LogP contribution in [0.3, 0.4) is 0 Å². The standard InChI is InChI=1S/C10H11FO/c11-9-3-1-7(2-4-9)8-5-10(12)6-8/h1-4,8,10,12H,5-6H2/t8-,10-. The Balaban J connectivity index is 2.09. The fourth-order valence-corrected chi connectivity index (χ4v) is 1.59. The maximum atomic E-state index is 12.5. The fourth-order valence-electron chi connectivity index (χ4n) is 1.59. The molecule has 0 radical (unpaired) electrons. The summed E-state index contributed by atoms with van der Waals surface area (Å²) >= 11 is 0. The molecular weight excluding hydrogens is 155 g/mol. The monoisotopic (exact) mass is 166 g/mol. The summed E-state index contributed by atoms with van der Waals surface area (Å²) in [6.45, 7) is 0. The molecule has 2 rings (SSSR count). The van der Waals surface area contributed by atoms with Gasteiger partial charge in [-0.05, 0) is 36.5 Å². The molecule has 0 aliphatic heterocycles. The van der Waals surface area contributed by atoms with Crippen LogP contribution in [0.15, 0.2) is 24.3 Å². The van der Waals surface area contributed by atoms with Gasteiger partial charge in [0.2, 0.25) is 0 Å². The van der Waals surface area contributed by atoms with Crippen molar-refractivity contribution in [2.75, 3.05) is 0 Å². The van der Waals surface area contributed by atoms with Crippen molar-refractivity contribution in [1.29, 1.82) is 0 Å². The number of aliphatic hydroxyl groups is 1. The van der Waals surface area contributed by atoms with Gasteiger partial charge in [-0.3, -0.25) is 0 Å². The van der Waals surface area contributed by atoms with Crippen molar-refractivity contribution in [3.8, 4) is 0 Å². The Morgan fingerprint density at radius 2 is 1.75 bits per heavy atom. The number of hydrogen-bond acceptors (Lipinski definition) is 1. The van der Waals surface area contributed by atoms with Crippen LogP contribution in [0.25, 0.3) is 0 Å². The summed E-state index contributed by atoms with van der Waals surface area (Å²) in [6, 6.07) is 6.54. The second-order valence-electron chi connectivity index (χ2n) is 3.37. The molecule has 1 aromatic carbocycles. The van der Waals surface area contributed by atoms with Crippen molar-refractivity contribution >= 4 is 0 Å². The highest BCUT2D eigenvalue weighted by molar-refractivity contribution is 5.22. The van der Waals surface area contributed by atoms with Gasteiger partial charge in [-0.1, -0.05) is 12.1 Å². The van der Waals surface area contributed by atoms with E-state index in [1.807, 2.05) is 0 Å². The van der Waals surface area contributed by atoms with E-state index in [4.69, 9.17) is 5.11 Å². The molecule has 1 aliphatic rings. The zero-order valence-electron chi connectivity index (χ0n) is 6.70. The third kappa shape index (κ3) is 1.34. The van der Waals surface area contributed by atoms with Crippen LogP contribution in [-0.4, -0.2) is 11.2 Å². The number of hydrogen-bond donors (Lipinski definition) is 1. The lowest BCUT2D eigenvalue weighted by Crippen LogP contribution is -2.26. The molecule has 1 aromatic rings. The third-order valence-electron chi connectivity index (χ3n) is 2.45. The fraction of sp³-hybridized carbons (Fsp3) is 0.400. The zero-order chi connectivity index (χ0) is 8.55. The smallest absolute Gasteiger partial charge is 0.123 e. The van der Waals surface area contributed by atoms with Crippen LogP contribution in [0.1, 0.15) is 24.3 Å². The topological polar surface area (TPSA) is 20.2 Å². The largest absolute Gasteiger partial charge is 0.393 e. The average molecular weight is 166 g/mol. The van der Waals surface area contributed by atoms with Gasteiger partial charge in [-0.2, -0.15) is 0 Å². The molecular formula is C10H11FO. The summed E-state index contributed by atoms with van der Waals surface area (Å²) < 4.78 is 12.5. The van der Waals surface area contributed by atoms with E-state index < -0.39 is 0 Å². The minimum absolute atomic E-state index is 0.139. The Labute approximate surface area is 70.8 Å². The van der Waals surface area contributed by atoms with Crippen LogP contribution < -0.4 is 0 Å². The molecule has 0 atom stereocenters. The normalized spacial score (nSPS) is 28.2. The van der Waals surface area contributed by atoms with E-state index in [-0.39, 0.29) is 11.9 Å². The predicted molar refractivity (Wildman–Crippen MR) is 44.4 cm³/mol. The molecule has 2 heteroatoms. The Bertz CT molecular complexity index is 262. The van der Waals surface area contributed by atoms with Gasteiger partial charge in [-0.15, -0.1) is 0 Å². The van der Waals surface area contributed by atoms with E-state index in [1.165, 1.54) is 12.1 Å². The molecule has 64 valence electrons. The molecule has 0 unspecified atom stereocenters. The second kappa shape index (κ2) is 2.87. The summed E-state index contributed by atoms with van der Waals surface area (Å²) in [5.41, 5.74) is 1.14. The van der Waals surface area contributed by atoms with Crippen LogP contribution in [0.2, 0.25) is 0 Å². The molecule has 1 nitrogen and oxygen atoms in total. The molecule has 1 saturated carbocycles. The van der Waals surface area contributed by atoms with Gasteiger partial charge in [0.15, 0.2) is 0 Å². The highest BCUT2D eigenvalue weighted by Crippen LogP contribution is 2.36. The van der Waals surface area contributed by atoms with Crippen molar-refractivity contribution in [3.63, 3.8) is 0 Å². The lowest BCUT2D eigenvalue weighted by molar-refractivity contribution is 0.0746. The van der Waals surface area contributed by atoms with Gasteiger partial charge in [0.05, 0.1) is 6.10 Å². The summed E-state index contributed by atoms with van der Waals surface area (Å²) in [6.07, 6.45) is 1.51. The van der Waals surface area contributed by atoms with Gasteiger partial charge in [0.1, 0.15) is 5.82 Å². The molecule has 0 aromatic heterocycles. The number of benzene rings is 1. The highest BCUT2D eigenvalue weighted by Gasteiger charge is 2.28. The zero-order valence-corrected chi connectivity index (χ0v) is 6.70. The number of rotatable bonds is 1. The first-order valence-electron chi connectivity index (χ1n) is 4.19. The first-order chi connectivity index (χ1) is 5.75. The Kier molecular flexibility index (Phi) is 1.85. The summed E-state index contributed by atoms with van der Waals surface area (Å²) in [7, 11) is 0. The van der Waals surface area contributed by atoms with Crippen molar-refractivity contribution in [3.05, 3.63) is 35.6 Å². The summed E-state index contributed by atoms with van der Waals surface area (Å²) in [5.74, 6) is 0.249. The van der Waals surface area contributed by atoms with Gasteiger partial charge in [0, 0.05) is 0 Å². The first kappa shape index (κ1) is 7.74. The van der Waals surface area contributed by atoms with Gasteiger partial charge < -0.3 is 5.11 Å². The molecule has 1 fully saturated rings. The van der Waals surface area contributed by atoms with Crippen LogP contribution >= 0.6 is 0 Å². The van der Waals surface area contributed by atoms with E-state index in [0.717, 1.165) is 18.4 Å². The molecule has 1 aliphatic carbocycles. The first-order valence-corrected chi connectivity index (χ1v) is 4.19. The maximum absolute atomic E-state index is 12.5. The van der Waals surface area contributed by atoms with Gasteiger partial charge in [-0.25, -0.2) is 4.39 Å². The molecule has 1 N–H and O–H groups in total. The molecule has 12 heavy (non-hydrogen) atoms. The average Bonchev–Trinajstić information content (AvgIpc) is 2.01. The van der Waals surface area contributed by atoms with Crippen molar-refractivity contribution in [2.45, 2.75) is 24.9 Å². The molecule has 0 amide bonds. The number of halogens is 1. The van der Waals surface area contributed by atoms with E-state index in [1.54, 1.807) is 12.1 Å². The van der Waals surface area contributed by atoms with E-state index in [0.29, 0.717) is 5.92 Å². The maximum Gasteiger partial charge on any atom is 0.123 e. The molecule has 0 heterocycles. The summed E-state index contributed by atoms with van der Waals surface area (Å²) in [4.78, 5) is 0. The molecule has 0 bridgehead atoms. The Morgan fingerprint density at radius 1 is 1.17 bits per heavy atom. The van der Waals surface area contributed by atoms with Crippen LogP contribution in [0, 0.1) is 5.82 Å². The quantitative estimate of drug-likeness (QED) is 0.677. The minimum Gasteiger partial charge on any atom is -0.393 e. The van der Waals surface area contributed by atoms with Crippen molar-refractivity contribution in [1.82, 2.24) is 0 Å². The van der Waals surface area contributed by atoms with E-state index >= 15 is 0 Å². The Morgan fingerprint density at radius 3 is 2.25 bits per heavy atom. The van der Waals surface area contributed by atoms with Crippen molar-refractivity contribution in [2.24, 2.45) is 0 Å². The predicted octanol–water partition coefficient (Wildman–Crippen LogP) is 2.06. The second-order valence-corrected chi connectivity index (χ2v) is 3.37. The highest BCUT2D eigenvalue weighted by atomic mass is 19.1. The lowest BCUT2D eigenvalue weighted by atomic mass is 9.78. The third-order valence-corrected chi connectivity index (χ3v) is 2.45. The van der Waals surface area contributed by atoms with Crippen molar-refractivity contribution < 1.29 is 9.50 Å². The SMILES string of the molecule is O[C@H]1C[C@H](c2ccc(F)cc2)C1. The van der Waals surface area contributed by atoms with E-state index in [2.05, 4.69) is 0 Å². The van der Waals surface area contributed by atoms with Crippen LogP contribution in [0.5, 0.6) is 0 Å². The molecule has 0 saturated heterocycles. The van der Waals surface area contributed by atoms with Crippen LogP contribution in [0.4, 0.5) is 4.39 Å². The molecule has 0 spiro atoms. The van der Waals surface area contributed by atoms with Crippen LogP contribution in [-0.2, 0) is 0 Å². The van der Waals surface area contributed by atoms with E-state index in [9.17, 15) is 4.39 Å². The number of aliphatic hydroxyl groups excluding tert-OH is 1.